The molecule has 2 aliphatic heterocycles. The molecule has 0 aromatic carbocycles. The summed E-state index contributed by atoms with van der Waals surface area (Å²) >= 11 is 1.63. The van der Waals surface area contributed by atoms with Crippen molar-refractivity contribution in [1.82, 2.24) is 5.32 Å². The fourth-order valence-corrected chi connectivity index (χ4v) is 2.66. The second kappa shape index (κ2) is 2.94. The van der Waals surface area contributed by atoms with Crippen LogP contribution in [0.3, 0.4) is 0 Å². The molecule has 2 heterocycles. The van der Waals surface area contributed by atoms with Gasteiger partial charge in [0.25, 0.3) is 5.91 Å². The molecule has 4 heteroatoms. The van der Waals surface area contributed by atoms with Gasteiger partial charge in [-0.15, -0.1) is 11.8 Å². The van der Waals surface area contributed by atoms with Crippen molar-refractivity contribution in [2.45, 2.75) is 12.8 Å². The van der Waals surface area contributed by atoms with Crippen LogP contribution in [0.15, 0.2) is 11.0 Å². The van der Waals surface area contributed by atoms with Crippen molar-refractivity contribution in [2.75, 3.05) is 5.75 Å². The molecule has 3 nitrogen and oxygen atoms in total. The van der Waals surface area contributed by atoms with Crippen molar-refractivity contribution in [3.63, 3.8) is 0 Å². The number of hydrogen-bond acceptors (Lipinski definition) is 3. The maximum Gasteiger partial charge on any atom is 0.251 e. The molecule has 0 aromatic heterocycles. The molecule has 1 atom stereocenters. The van der Waals surface area contributed by atoms with E-state index in [1.165, 1.54) is 0 Å². The third-order valence-electron chi connectivity index (χ3n) is 2.09. The van der Waals surface area contributed by atoms with Crippen LogP contribution in [0.4, 0.5) is 0 Å². The van der Waals surface area contributed by atoms with Gasteiger partial charge in [-0.2, -0.15) is 0 Å². The first-order valence-electron chi connectivity index (χ1n) is 3.96. The first-order chi connectivity index (χ1) is 5.77. The third kappa shape index (κ3) is 1.27. The second-order valence-electron chi connectivity index (χ2n) is 2.94. The van der Waals surface area contributed by atoms with E-state index in [4.69, 9.17) is 0 Å². The van der Waals surface area contributed by atoms with E-state index in [0.29, 0.717) is 0 Å². The maximum absolute atomic E-state index is 11.3. The van der Waals surface area contributed by atoms with Crippen LogP contribution in [0, 0.1) is 5.92 Å². The number of amides is 2. The number of hydrogen-bond donors (Lipinski definition) is 1. The van der Waals surface area contributed by atoms with Crippen LogP contribution in [0.25, 0.3) is 0 Å². The zero-order chi connectivity index (χ0) is 8.55. The summed E-state index contributed by atoms with van der Waals surface area (Å²) in [5, 5.41) is 2.31. The van der Waals surface area contributed by atoms with Gasteiger partial charge in [0, 0.05) is 11.0 Å². The van der Waals surface area contributed by atoms with Crippen molar-refractivity contribution in [1.29, 1.82) is 0 Å². The van der Waals surface area contributed by atoms with Gasteiger partial charge in [-0.3, -0.25) is 14.9 Å². The van der Waals surface area contributed by atoms with Gasteiger partial charge < -0.3 is 0 Å². The van der Waals surface area contributed by atoms with Crippen LogP contribution < -0.4 is 5.32 Å². The van der Waals surface area contributed by atoms with Gasteiger partial charge in [-0.05, 0) is 18.6 Å². The molecule has 1 saturated heterocycles. The van der Waals surface area contributed by atoms with Crippen LogP contribution in [-0.4, -0.2) is 17.6 Å². The average Bonchev–Trinajstić information content (AvgIpc) is 2.04. The highest BCUT2D eigenvalue weighted by Gasteiger charge is 2.31. The van der Waals surface area contributed by atoms with Crippen molar-refractivity contribution in [2.24, 2.45) is 5.92 Å². The number of rotatable bonds is 0. The molecule has 2 rings (SSSR count). The van der Waals surface area contributed by atoms with Gasteiger partial charge >= 0.3 is 0 Å². The molecule has 2 amide bonds. The van der Waals surface area contributed by atoms with E-state index in [2.05, 4.69) is 5.32 Å². The topological polar surface area (TPSA) is 46.2 Å². The first-order valence-corrected chi connectivity index (χ1v) is 4.95. The molecule has 1 unspecified atom stereocenters. The SMILES string of the molecule is O=C1C=C2SCCCC2C(=O)N1. The van der Waals surface area contributed by atoms with Gasteiger partial charge in [0.2, 0.25) is 5.91 Å². The van der Waals surface area contributed by atoms with E-state index in [1.807, 2.05) is 0 Å². The van der Waals surface area contributed by atoms with Crippen molar-refractivity contribution < 1.29 is 9.59 Å². The van der Waals surface area contributed by atoms with Crippen molar-refractivity contribution in [3.05, 3.63) is 11.0 Å². The van der Waals surface area contributed by atoms with Gasteiger partial charge in [-0.1, -0.05) is 0 Å². The monoisotopic (exact) mass is 183 g/mol. The van der Waals surface area contributed by atoms with E-state index in [1.54, 1.807) is 17.8 Å². The third-order valence-corrected chi connectivity index (χ3v) is 3.31. The molecule has 0 saturated carbocycles. The predicted molar refractivity (Wildman–Crippen MR) is 46.4 cm³/mol. The van der Waals surface area contributed by atoms with Gasteiger partial charge in [-0.25, -0.2) is 0 Å². The van der Waals surface area contributed by atoms with Crippen LogP contribution >= 0.6 is 11.8 Å². The Labute approximate surface area is 74.6 Å². The maximum atomic E-state index is 11.3. The lowest BCUT2D eigenvalue weighted by atomic mass is 9.99. The quantitative estimate of drug-likeness (QED) is 0.561. The van der Waals surface area contributed by atoms with Gasteiger partial charge in [0.1, 0.15) is 0 Å². The summed E-state index contributed by atoms with van der Waals surface area (Å²) in [6.07, 6.45) is 3.50. The molecule has 0 aromatic rings. The Hall–Kier alpha value is -0.770. The summed E-state index contributed by atoms with van der Waals surface area (Å²) in [6.45, 7) is 0. The van der Waals surface area contributed by atoms with Gasteiger partial charge in [0.15, 0.2) is 0 Å². The minimum absolute atomic E-state index is 0.0403. The van der Waals surface area contributed by atoms with E-state index < -0.39 is 0 Å². The van der Waals surface area contributed by atoms with E-state index in [0.717, 1.165) is 23.5 Å². The predicted octanol–water partition coefficient (Wildman–Crippen LogP) is 0.670. The summed E-state index contributed by atoms with van der Waals surface area (Å²) in [4.78, 5) is 23.1. The van der Waals surface area contributed by atoms with Crippen LogP contribution in [0.1, 0.15) is 12.8 Å². The number of imide groups is 1. The Morgan fingerprint density at radius 3 is 3.17 bits per heavy atom. The number of carbonyl (C=O) groups excluding carboxylic acids is 2. The Kier molecular flexibility index (Phi) is 1.92. The van der Waals surface area contributed by atoms with Crippen LogP contribution in [0.5, 0.6) is 0 Å². The molecule has 0 aliphatic carbocycles. The fourth-order valence-electron chi connectivity index (χ4n) is 1.50. The molecular weight excluding hydrogens is 174 g/mol. The zero-order valence-corrected chi connectivity index (χ0v) is 7.32. The molecule has 0 radical (unpaired) electrons. The minimum atomic E-state index is -0.263. The fraction of sp³-hybridized carbons (Fsp3) is 0.500. The average molecular weight is 183 g/mol. The number of carbonyl (C=O) groups is 2. The van der Waals surface area contributed by atoms with Crippen LogP contribution in [0.2, 0.25) is 0 Å². The number of thioether (sulfide) groups is 1. The Balaban J connectivity index is 2.28. The second-order valence-corrected chi connectivity index (χ2v) is 4.11. The summed E-state index contributed by atoms with van der Waals surface area (Å²) in [7, 11) is 0. The summed E-state index contributed by atoms with van der Waals surface area (Å²) in [6, 6.07) is 0. The number of fused-ring (bicyclic) bond motifs is 1. The highest BCUT2D eigenvalue weighted by molar-refractivity contribution is 8.03. The molecule has 0 spiro atoms. The summed E-state index contributed by atoms with van der Waals surface area (Å²) in [5.74, 6) is 0.606. The Morgan fingerprint density at radius 2 is 2.33 bits per heavy atom. The molecule has 1 fully saturated rings. The standard InChI is InChI=1S/C8H9NO2S/c10-7-4-6-5(8(11)9-7)2-1-3-12-6/h4-5H,1-3H2,(H,9,10,11). The van der Waals surface area contributed by atoms with Gasteiger partial charge in [0.05, 0.1) is 5.92 Å². The molecule has 1 N–H and O–H groups in total. The zero-order valence-electron chi connectivity index (χ0n) is 6.50. The Bertz CT molecular complexity index is 272. The lowest BCUT2D eigenvalue weighted by Gasteiger charge is -2.26. The molecule has 0 bridgehead atoms. The number of nitrogens with one attached hydrogen (secondary N) is 1. The summed E-state index contributed by atoms with van der Waals surface area (Å²) in [5.41, 5.74) is 0. The summed E-state index contributed by atoms with van der Waals surface area (Å²) < 4.78 is 0. The lowest BCUT2D eigenvalue weighted by molar-refractivity contribution is -0.131. The van der Waals surface area contributed by atoms with Crippen molar-refractivity contribution >= 4 is 23.6 Å². The van der Waals surface area contributed by atoms with E-state index >= 15 is 0 Å². The highest BCUT2D eigenvalue weighted by atomic mass is 32.2. The first kappa shape index (κ1) is 7.86. The minimum Gasteiger partial charge on any atom is -0.292 e. The molecule has 2 aliphatic rings. The van der Waals surface area contributed by atoms with Crippen LogP contribution in [-0.2, 0) is 9.59 Å². The normalized spacial score (nSPS) is 29.0. The molecule has 12 heavy (non-hydrogen) atoms. The molecule has 64 valence electrons. The Morgan fingerprint density at radius 1 is 1.50 bits per heavy atom. The largest absolute Gasteiger partial charge is 0.292 e. The molecular formula is C8H9NO2S. The highest BCUT2D eigenvalue weighted by Crippen LogP contribution is 2.35. The van der Waals surface area contributed by atoms with Crippen molar-refractivity contribution in [3.8, 4) is 0 Å². The van der Waals surface area contributed by atoms with E-state index in [9.17, 15) is 9.59 Å². The smallest absolute Gasteiger partial charge is 0.251 e. The van der Waals surface area contributed by atoms with E-state index in [-0.39, 0.29) is 17.7 Å². The lowest BCUT2D eigenvalue weighted by Crippen LogP contribution is -2.40.